The number of rotatable bonds is 7. The predicted molar refractivity (Wildman–Crippen MR) is 88.5 cm³/mol. The van der Waals surface area contributed by atoms with Crippen LogP contribution < -0.4 is 10.6 Å². The molecule has 0 unspecified atom stereocenters. The van der Waals surface area contributed by atoms with E-state index in [0.29, 0.717) is 17.8 Å². The summed E-state index contributed by atoms with van der Waals surface area (Å²) in [4.78, 5) is 24.3. The Bertz CT molecular complexity index is 708. The molecule has 2 aromatic rings. The van der Waals surface area contributed by atoms with Crippen molar-refractivity contribution in [3.8, 4) is 0 Å². The van der Waals surface area contributed by atoms with Gasteiger partial charge in [0.2, 0.25) is 0 Å². The molecule has 0 saturated heterocycles. The quantitative estimate of drug-likeness (QED) is 0.764. The smallest absolute Gasteiger partial charge is 0.341 e. The second-order valence-corrected chi connectivity index (χ2v) is 5.81. The maximum atomic E-state index is 12.4. The van der Waals surface area contributed by atoms with Gasteiger partial charge in [-0.25, -0.2) is 4.79 Å². The number of hydrogen-bond donors (Lipinski definition) is 2. The van der Waals surface area contributed by atoms with E-state index in [9.17, 15) is 9.59 Å². The monoisotopic (exact) mass is 328 g/mol. The van der Waals surface area contributed by atoms with Crippen molar-refractivity contribution < 1.29 is 18.7 Å². The van der Waals surface area contributed by atoms with E-state index in [-0.39, 0.29) is 11.9 Å². The first-order valence-corrected chi connectivity index (χ1v) is 8.00. The third-order valence-corrected chi connectivity index (χ3v) is 3.76. The number of carbonyl (C=O) groups is 2. The second kappa shape index (κ2) is 7.21. The molecular weight excluding hydrogens is 308 g/mol. The number of para-hydroxylation sites is 1. The molecular formula is C18H20N2O4. The van der Waals surface area contributed by atoms with E-state index in [1.807, 2.05) is 12.1 Å². The highest BCUT2D eigenvalue weighted by molar-refractivity contribution is 5.97. The number of amides is 1. The predicted octanol–water partition coefficient (Wildman–Crippen LogP) is 2.72. The molecule has 3 rings (SSSR count). The molecule has 1 aliphatic rings. The highest BCUT2D eigenvalue weighted by atomic mass is 16.5. The molecule has 1 atom stereocenters. The van der Waals surface area contributed by atoms with Gasteiger partial charge in [-0.3, -0.25) is 4.79 Å². The molecule has 24 heavy (non-hydrogen) atoms. The fourth-order valence-corrected chi connectivity index (χ4v) is 2.23. The lowest BCUT2D eigenvalue weighted by molar-refractivity contribution is -0.129. The van der Waals surface area contributed by atoms with Crippen LogP contribution in [0.5, 0.6) is 0 Å². The van der Waals surface area contributed by atoms with Gasteiger partial charge in [-0.05, 0) is 44.0 Å². The molecule has 1 amide bonds. The SMILES string of the molecule is C[C@H](OC(=O)c1ccccc1NCc1ccco1)C(=O)NC1CC1. The number of carbonyl (C=O) groups excluding carboxylic acids is 2. The summed E-state index contributed by atoms with van der Waals surface area (Å²) in [6.07, 6.45) is 2.76. The number of ether oxygens (including phenoxy) is 1. The van der Waals surface area contributed by atoms with Crippen LogP contribution >= 0.6 is 0 Å². The van der Waals surface area contributed by atoms with Crippen molar-refractivity contribution >= 4 is 17.6 Å². The number of anilines is 1. The largest absolute Gasteiger partial charge is 0.467 e. The number of furan rings is 1. The molecule has 1 fully saturated rings. The van der Waals surface area contributed by atoms with Gasteiger partial charge in [-0.15, -0.1) is 0 Å². The van der Waals surface area contributed by atoms with E-state index in [2.05, 4.69) is 10.6 Å². The Kier molecular flexibility index (Phi) is 4.84. The van der Waals surface area contributed by atoms with Crippen LogP contribution in [0.2, 0.25) is 0 Å². The minimum Gasteiger partial charge on any atom is -0.467 e. The van der Waals surface area contributed by atoms with Crippen molar-refractivity contribution in [2.75, 3.05) is 5.32 Å². The van der Waals surface area contributed by atoms with E-state index in [0.717, 1.165) is 18.6 Å². The molecule has 1 aliphatic carbocycles. The summed E-state index contributed by atoms with van der Waals surface area (Å²) < 4.78 is 10.6. The first-order chi connectivity index (χ1) is 11.6. The second-order valence-electron chi connectivity index (χ2n) is 5.81. The summed E-state index contributed by atoms with van der Waals surface area (Å²) in [7, 11) is 0. The van der Waals surface area contributed by atoms with Crippen LogP contribution in [0.1, 0.15) is 35.9 Å². The van der Waals surface area contributed by atoms with Gasteiger partial charge in [-0.2, -0.15) is 0 Å². The Labute approximate surface area is 140 Å². The van der Waals surface area contributed by atoms with Crippen LogP contribution in [0.25, 0.3) is 0 Å². The van der Waals surface area contributed by atoms with E-state index in [4.69, 9.17) is 9.15 Å². The zero-order chi connectivity index (χ0) is 16.9. The van der Waals surface area contributed by atoms with Crippen LogP contribution in [0, 0.1) is 0 Å². The molecule has 0 aliphatic heterocycles. The normalized spacial score (nSPS) is 14.7. The molecule has 1 saturated carbocycles. The van der Waals surface area contributed by atoms with Crippen LogP contribution in [-0.4, -0.2) is 24.0 Å². The lowest BCUT2D eigenvalue weighted by Gasteiger charge is -2.15. The van der Waals surface area contributed by atoms with Crippen molar-refractivity contribution in [2.45, 2.75) is 38.5 Å². The summed E-state index contributed by atoms with van der Waals surface area (Å²) in [6, 6.07) is 10.9. The maximum Gasteiger partial charge on any atom is 0.341 e. The van der Waals surface area contributed by atoms with E-state index in [1.54, 1.807) is 37.5 Å². The number of benzene rings is 1. The Morgan fingerprint density at radius 2 is 2.04 bits per heavy atom. The van der Waals surface area contributed by atoms with Crippen molar-refractivity contribution in [2.24, 2.45) is 0 Å². The van der Waals surface area contributed by atoms with Gasteiger partial charge >= 0.3 is 5.97 Å². The highest BCUT2D eigenvalue weighted by Gasteiger charge is 2.27. The van der Waals surface area contributed by atoms with Crippen molar-refractivity contribution in [3.05, 3.63) is 54.0 Å². The van der Waals surface area contributed by atoms with Crippen molar-refractivity contribution in [1.82, 2.24) is 5.32 Å². The fraction of sp³-hybridized carbons (Fsp3) is 0.333. The summed E-state index contributed by atoms with van der Waals surface area (Å²) in [5, 5.41) is 5.97. The Morgan fingerprint density at radius 1 is 1.25 bits per heavy atom. The standard InChI is InChI=1S/C18H20N2O4/c1-12(17(21)20-13-8-9-13)24-18(22)15-6-2-3-7-16(15)19-11-14-5-4-10-23-14/h2-7,10,12-13,19H,8-9,11H2,1H3,(H,20,21)/t12-/m0/s1. The summed E-state index contributed by atoms with van der Waals surface area (Å²) in [5.41, 5.74) is 1.02. The molecule has 1 heterocycles. The zero-order valence-corrected chi connectivity index (χ0v) is 13.5. The lowest BCUT2D eigenvalue weighted by Crippen LogP contribution is -2.37. The molecule has 1 aromatic carbocycles. The molecule has 6 nitrogen and oxygen atoms in total. The molecule has 1 aromatic heterocycles. The number of esters is 1. The maximum absolute atomic E-state index is 12.4. The summed E-state index contributed by atoms with van der Waals surface area (Å²) in [5.74, 6) is -0.0294. The average molecular weight is 328 g/mol. The fourth-order valence-electron chi connectivity index (χ4n) is 2.23. The minimum absolute atomic E-state index is 0.237. The average Bonchev–Trinajstić information content (AvgIpc) is 3.24. The van der Waals surface area contributed by atoms with Gasteiger partial charge in [0, 0.05) is 11.7 Å². The minimum atomic E-state index is -0.823. The molecule has 0 radical (unpaired) electrons. The van der Waals surface area contributed by atoms with Gasteiger partial charge in [0.15, 0.2) is 6.10 Å². The topological polar surface area (TPSA) is 80.6 Å². The van der Waals surface area contributed by atoms with Gasteiger partial charge in [0.05, 0.1) is 18.4 Å². The third-order valence-electron chi connectivity index (χ3n) is 3.76. The van der Waals surface area contributed by atoms with Gasteiger partial charge in [0.1, 0.15) is 5.76 Å². The summed E-state index contributed by atoms with van der Waals surface area (Å²) >= 11 is 0. The van der Waals surface area contributed by atoms with Gasteiger partial charge in [0.25, 0.3) is 5.91 Å². The summed E-state index contributed by atoms with van der Waals surface area (Å²) in [6.45, 7) is 2.03. The first kappa shape index (κ1) is 16.1. The van der Waals surface area contributed by atoms with Crippen molar-refractivity contribution in [1.29, 1.82) is 0 Å². The zero-order valence-electron chi connectivity index (χ0n) is 13.5. The molecule has 0 bridgehead atoms. The van der Waals surface area contributed by atoms with Crippen molar-refractivity contribution in [3.63, 3.8) is 0 Å². The molecule has 0 spiro atoms. The Hall–Kier alpha value is -2.76. The van der Waals surface area contributed by atoms with E-state index in [1.165, 1.54) is 0 Å². The Morgan fingerprint density at radius 3 is 2.75 bits per heavy atom. The van der Waals surface area contributed by atoms with Crippen LogP contribution in [0.3, 0.4) is 0 Å². The molecule has 126 valence electrons. The molecule has 6 heteroatoms. The number of hydrogen-bond acceptors (Lipinski definition) is 5. The highest BCUT2D eigenvalue weighted by Crippen LogP contribution is 2.20. The van der Waals surface area contributed by atoms with E-state index < -0.39 is 12.1 Å². The van der Waals surface area contributed by atoms with Gasteiger partial charge < -0.3 is 19.8 Å². The van der Waals surface area contributed by atoms with Crippen LogP contribution in [0.4, 0.5) is 5.69 Å². The lowest BCUT2D eigenvalue weighted by atomic mass is 10.1. The number of nitrogens with one attached hydrogen (secondary N) is 2. The third kappa shape index (κ3) is 4.16. The van der Waals surface area contributed by atoms with Crippen LogP contribution in [-0.2, 0) is 16.1 Å². The molecule has 2 N–H and O–H groups in total. The first-order valence-electron chi connectivity index (χ1n) is 8.00. The van der Waals surface area contributed by atoms with E-state index >= 15 is 0 Å². The van der Waals surface area contributed by atoms with Gasteiger partial charge in [-0.1, -0.05) is 12.1 Å². The van der Waals surface area contributed by atoms with Crippen LogP contribution in [0.15, 0.2) is 47.1 Å². The Balaban J connectivity index is 1.62.